The van der Waals surface area contributed by atoms with Crippen molar-refractivity contribution >= 4 is 12.1 Å². The molecule has 3 nitrogen and oxygen atoms in total. The average Bonchev–Trinajstić information content (AvgIpc) is 2.29. The molecule has 0 spiro atoms. The number of nitrogens with one attached hydrogen (secondary N) is 1. The summed E-state index contributed by atoms with van der Waals surface area (Å²) in [5.41, 5.74) is 1.40. The monoisotopic (exact) mass is 218 g/mol. The topological polar surface area (TPSA) is 41.5 Å². The first-order valence-corrected chi connectivity index (χ1v) is 5.91. The van der Waals surface area contributed by atoms with Crippen LogP contribution >= 0.6 is 0 Å². The number of carbonyl (C=O) groups excluding carboxylic acids is 1. The molecule has 2 rings (SSSR count). The summed E-state index contributed by atoms with van der Waals surface area (Å²) in [6, 6.07) is 0.202. The summed E-state index contributed by atoms with van der Waals surface area (Å²) in [7, 11) is 0. The van der Waals surface area contributed by atoms with E-state index in [9.17, 15) is 4.79 Å². The molecule has 2 unspecified atom stereocenters. The highest BCUT2D eigenvalue weighted by Gasteiger charge is 2.19. The summed E-state index contributed by atoms with van der Waals surface area (Å²) in [5.74, 6) is 0.970. The zero-order chi connectivity index (χ0) is 11.4. The van der Waals surface area contributed by atoms with Gasteiger partial charge in [0.15, 0.2) is 0 Å². The summed E-state index contributed by atoms with van der Waals surface area (Å²) in [6.45, 7) is 2.10. The molecule has 2 atom stereocenters. The molecule has 86 valence electrons. The van der Waals surface area contributed by atoms with E-state index in [1.807, 2.05) is 0 Å². The van der Waals surface area contributed by atoms with Gasteiger partial charge in [-0.3, -0.25) is 4.99 Å². The van der Waals surface area contributed by atoms with Crippen LogP contribution in [0, 0.1) is 0 Å². The normalized spacial score (nSPS) is 29.1. The van der Waals surface area contributed by atoms with E-state index in [0.717, 1.165) is 37.8 Å². The Hall–Kier alpha value is -1.38. The summed E-state index contributed by atoms with van der Waals surface area (Å²) < 4.78 is 0. The number of carbonyl (C=O) groups is 1. The third kappa shape index (κ3) is 2.81. The molecule has 16 heavy (non-hydrogen) atoms. The molecular formula is C13H18N2O. The Morgan fingerprint density at radius 2 is 2.50 bits per heavy atom. The summed E-state index contributed by atoms with van der Waals surface area (Å²) >= 11 is 0. The second kappa shape index (κ2) is 5.10. The Labute approximate surface area is 96.3 Å². The maximum absolute atomic E-state index is 10.8. The van der Waals surface area contributed by atoms with Crippen LogP contribution in [0.5, 0.6) is 0 Å². The van der Waals surface area contributed by atoms with E-state index in [-0.39, 0.29) is 6.04 Å². The highest BCUT2D eigenvalue weighted by atomic mass is 16.1. The lowest BCUT2D eigenvalue weighted by Gasteiger charge is -2.25. The molecule has 3 heteroatoms. The highest BCUT2D eigenvalue weighted by Crippen LogP contribution is 2.17. The number of aldehydes is 1. The first kappa shape index (κ1) is 11.1. The van der Waals surface area contributed by atoms with Crippen LogP contribution < -0.4 is 5.32 Å². The Morgan fingerprint density at radius 1 is 1.62 bits per heavy atom. The highest BCUT2D eigenvalue weighted by molar-refractivity contribution is 5.87. The number of hydrogen-bond donors (Lipinski definition) is 1. The molecule has 0 aromatic carbocycles. The Morgan fingerprint density at radius 3 is 3.19 bits per heavy atom. The Kier molecular flexibility index (Phi) is 3.54. The molecule has 0 radical (unpaired) electrons. The molecule has 0 saturated heterocycles. The van der Waals surface area contributed by atoms with Gasteiger partial charge in [0.2, 0.25) is 0 Å². The predicted molar refractivity (Wildman–Crippen MR) is 65.6 cm³/mol. The fourth-order valence-corrected chi connectivity index (χ4v) is 2.19. The number of aliphatic imine (C=N–C) groups is 1. The van der Waals surface area contributed by atoms with Gasteiger partial charge in [-0.25, -0.2) is 0 Å². The molecule has 0 saturated carbocycles. The minimum Gasteiger partial charge on any atom is -0.371 e. The van der Waals surface area contributed by atoms with Crippen molar-refractivity contribution in [3.05, 3.63) is 23.8 Å². The third-order valence-corrected chi connectivity index (χ3v) is 2.98. The lowest BCUT2D eigenvalue weighted by molar-refractivity contribution is -0.109. The van der Waals surface area contributed by atoms with Crippen LogP contribution in [0.25, 0.3) is 0 Å². The Bertz CT molecular complexity index is 355. The lowest BCUT2D eigenvalue weighted by atomic mass is 10.00. The standard InChI is InChI=1S/C13H18N2O/c1-10-7-12(9-16)15-13(14-10)8-11-5-3-2-4-6-11/h2-3,5,9-10,12H,4,6-8H2,1H3,(H,14,15). The molecule has 0 aromatic rings. The van der Waals surface area contributed by atoms with Gasteiger partial charge in [-0.2, -0.15) is 0 Å². The van der Waals surface area contributed by atoms with Crippen molar-refractivity contribution in [2.45, 2.75) is 44.7 Å². The van der Waals surface area contributed by atoms with Gasteiger partial charge >= 0.3 is 0 Å². The number of hydrogen-bond acceptors (Lipinski definition) is 3. The van der Waals surface area contributed by atoms with Crippen molar-refractivity contribution in [2.75, 3.05) is 0 Å². The zero-order valence-corrected chi connectivity index (χ0v) is 9.65. The third-order valence-electron chi connectivity index (χ3n) is 2.98. The van der Waals surface area contributed by atoms with Crippen molar-refractivity contribution in [1.29, 1.82) is 0 Å². The van der Waals surface area contributed by atoms with Gasteiger partial charge in [0.25, 0.3) is 0 Å². The second-order valence-corrected chi connectivity index (χ2v) is 4.53. The zero-order valence-electron chi connectivity index (χ0n) is 9.65. The van der Waals surface area contributed by atoms with Gasteiger partial charge < -0.3 is 10.1 Å². The Balaban J connectivity index is 2.02. The van der Waals surface area contributed by atoms with E-state index in [2.05, 4.69) is 35.5 Å². The summed E-state index contributed by atoms with van der Waals surface area (Å²) in [5, 5.41) is 3.35. The molecule has 1 heterocycles. The van der Waals surface area contributed by atoms with Gasteiger partial charge in [-0.15, -0.1) is 0 Å². The maximum atomic E-state index is 10.8. The van der Waals surface area contributed by atoms with E-state index >= 15 is 0 Å². The van der Waals surface area contributed by atoms with E-state index in [1.165, 1.54) is 5.57 Å². The molecule has 0 amide bonds. The van der Waals surface area contributed by atoms with E-state index in [0.29, 0.717) is 6.04 Å². The number of allylic oxidation sites excluding steroid dienone is 3. The minimum absolute atomic E-state index is 0.147. The first-order valence-electron chi connectivity index (χ1n) is 5.91. The van der Waals surface area contributed by atoms with Gasteiger partial charge in [-0.1, -0.05) is 23.8 Å². The van der Waals surface area contributed by atoms with Gasteiger partial charge in [0.1, 0.15) is 18.2 Å². The van der Waals surface area contributed by atoms with Crippen molar-refractivity contribution in [1.82, 2.24) is 5.32 Å². The molecule has 2 aliphatic rings. The lowest BCUT2D eigenvalue weighted by Crippen LogP contribution is -2.41. The van der Waals surface area contributed by atoms with Crippen LogP contribution in [0.2, 0.25) is 0 Å². The second-order valence-electron chi connectivity index (χ2n) is 4.53. The number of nitrogens with zero attached hydrogens (tertiary/aromatic N) is 1. The molecular weight excluding hydrogens is 200 g/mol. The average molecular weight is 218 g/mol. The van der Waals surface area contributed by atoms with Gasteiger partial charge in [-0.05, 0) is 26.2 Å². The van der Waals surface area contributed by atoms with Crippen molar-refractivity contribution in [3.8, 4) is 0 Å². The van der Waals surface area contributed by atoms with Crippen LogP contribution in [0.1, 0.15) is 32.6 Å². The quantitative estimate of drug-likeness (QED) is 0.736. The largest absolute Gasteiger partial charge is 0.371 e. The van der Waals surface area contributed by atoms with Crippen LogP contribution in [-0.4, -0.2) is 24.2 Å². The minimum atomic E-state index is -0.147. The van der Waals surface area contributed by atoms with Crippen molar-refractivity contribution < 1.29 is 4.79 Å². The van der Waals surface area contributed by atoms with Gasteiger partial charge in [0, 0.05) is 12.5 Å². The van der Waals surface area contributed by atoms with Crippen molar-refractivity contribution in [3.63, 3.8) is 0 Å². The van der Waals surface area contributed by atoms with Crippen LogP contribution in [-0.2, 0) is 4.79 Å². The molecule has 0 bridgehead atoms. The molecule has 1 N–H and O–H groups in total. The van der Waals surface area contributed by atoms with E-state index in [4.69, 9.17) is 0 Å². The SMILES string of the molecule is CC1CC(C=O)N=C(CC2=CC=CCC2)N1. The molecule has 1 aliphatic carbocycles. The number of amidine groups is 1. The van der Waals surface area contributed by atoms with E-state index in [1.54, 1.807) is 0 Å². The van der Waals surface area contributed by atoms with Crippen molar-refractivity contribution in [2.24, 2.45) is 4.99 Å². The maximum Gasteiger partial charge on any atom is 0.144 e. The van der Waals surface area contributed by atoms with Crippen LogP contribution in [0.4, 0.5) is 0 Å². The summed E-state index contributed by atoms with van der Waals surface area (Å²) in [4.78, 5) is 15.2. The first-order chi connectivity index (χ1) is 7.78. The molecule has 0 aromatic heterocycles. The van der Waals surface area contributed by atoms with Crippen LogP contribution in [0.15, 0.2) is 28.8 Å². The van der Waals surface area contributed by atoms with E-state index < -0.39 is 0 Å². The molecule has 0 fully saturated rings. The van der Waals surface area contributed by atoms with Gasteiger partial charge in [0.05, 0.1) is 0 Å². The smallest absolute Gasteiger partial charge is 0.144 e. The number of rotatable bonds is 3. The fraction of sp³-hybridized carbons (Fsp3) is 0.538. The molecule has 1 aliphatic heterocycles. The predicted octanol–water partition coefficient (Wildman–Crippen LogP) is 2.00. The fourth-order valence-electron chi connectivity index (χ4n) is 2.19. The van der Waals surface area contributed by atoms with Crippen LogP contribution in [0.3, 0.4) is 0 Å². The summed E-state index contributed by atoms with van der Waals surface area (Å²) in [6.07, 6.45) is 11.3.